The maximum Gasteiger partial charge on any atom is 0.242 e. The molecule has 0 saturated carbocycles. The van der Waals surface area contributed by atoms with Gasteiger partial charge in [0.2, 0.25) is 5.91 Å². The molecule has 2 saturated heterocycles. The second kappa shape index (κ2) is 7.88. The van der Waals surface area contributed by atoms with Crippen molar-refractivity contribution in [3.05, 3.63) is 12.7 Å². The first-order valence-electron chi connectivity index (χ1n) is 8.69. The van der Waals surface area contributed by atoms with Crippen LogP contribution in [0.5, 0.6) is 0 Å². The van der Waals surface area contributed by atoms with Crippen molar-refractivity contribution in [1.29, 1.82) is 0 Å². The predicted molar refractivity (Wildman–Crippen MR) is 85.6 cm³/mol. The Morgan fingerprint density at radius 2 is 1.70 bits per heavy atom. The minimum atomic E-state index is 0.0848. The molecule has 1 amide bonds. The van der Waals surface area contributed by atoms with Crippen molar-refractivity contribution in [3.63, 3.8) is 0 Å². The molecule has 2 atom stereocenters. The van der Waals surface area contributed by atoms with E-state index in [0.29, 0.717) is 12.5 Å². The largest absolute Gasteiger partial charge is 0.396 e. The van der Waals surface area contributed by atoms with Crippen molar-refractivity contribution in [2.24, 2.45) is 11.8 Å². The van der Waals surface area contributed by atoms with Crippen molar-refractivity contribution in [1.82, 2.24) is 24.6 Å². The molecule has 1 aromatic rings. The number of nitrogens with zero attached hydrogens (tertiary/aromatic N) is 5. The first kappa shape index (κ1) is 16.4. The second-order valence-electron chi connectivity index (χ2n) is 6.85. The van der Waals surface area contributed by atoms with Crippen LogP contribution in [-0.2, 0) is 11.3 Å². The standard InChI is InChI=1S/C16H27N5O2/c22-11-15-9-21(16(23)10-20-12-17-18-13-20)8-14(15)7-19-5-3-1-2-4-6-19/h12-15,22H,1-11H2/t14-,15-/m1/s1. The SMILES string of the molecule is O=C(Cn1cnnc1)N1C[C@@H](CN2CCCCCC2)[C@@H](CO)C1. The van der Waals surface area contributed by atoms with Crippen LogP contribution in [0.1, 0.15) is 25.7 Å². The molecule has 2 aliphatic heterocycles. The molecule has 23 heavy (non-hydrogen) atoms. The van der Waals surface area contributed by atoms with E-state index in [0.717, 1.165) is 26.2 Å². The molecule has 2 aliphatic rings. The number of likely N-dealkylation sites (tertiary alicyclic amines) is 2. The maximum absolute atomic E-state index is 12.4. The van der Waals surface area contributed by atoms with Gasteiger partial charge in [-0.15, -0.1) is 10.2 Å². The molecular weight excluding hydrogens is 294 g/mol. The fraction of sp³-hybridized carbons (Fsp3) is 0.812. The van der Waals surface area contributed by atoms with Crippen molar-refractivity contribution >= 4 is 5.91 Å². The molecule has 0 radical (unpaired) electrons. The van der Waals surface area contributed by atoms with Gasteiger partial charge < -0.3 is 19.5 Å². The molecule has 0 bridgehead atoms. The van der Waals surface area contributed by atoms with Crippen molar-refractivity contribution in [2.45, 2.75) is 32.2 Å². The number of carbonyl (C=O) groups is 1. The molecule has 7 nitrogen and oxygen atoms in total. The molecular formula is C16H27N5O2. The first-order chi connectivity index (χ1) is 11.3. The monoisotopic (exact) mass is 321 g/mol. The van der Waals surface area contributed by atoms with Crippen LogP contribution >= 0.6 is 0 Å². The minimum Gasteiger partial charge on any atom is -0.396 e. The summed E-state index contributed by atoms with van der Waals surface area (Å²) >= 11 is 0. The molecule has 1 aromatic heterocycles. The average molecular weight is 321 g/mol. The van der Waals surface area contributed by atoms with E-state index in [1.54, 1.807) is 17.2 Å². The third-order valence-corrected chi connectivity index (χ3v) is 5.14. The number of aliphatic hydroxyl groups excluding tert-OH is 1. The van der Waals surface area contributed by atoms with Crippen molar-refractivity contribution in [3.8, 4) is 0 Å². The number of amides is 1. The Kier molecular flexibility index (Phi) is 5.61. The quantitative estimate of drug-likeness (QED) is 0.840. The van der Waals surface area contributed by atoms with Gasteiger partial charge in [-0.1, -0.05) is 12.8 Å². The number of hydrogen-bond acceptors (Lipinski definition) is 5. The molecule has 128 valence electrons. The van der Waals surface area contributed by atoms with Crippen LogP contribution < -0.4 is 0 Å². The van der Waals surface area contributed by atoms with Gasteiger partial charge in [-0.05, 0) is 31.8 Å². The molecule has 1 N–H and O–H groups in total. The maximum atomic E-state index is 12.4. The molecule has 3 rings (SSSR count). The van der Waals surface area contributed by atoms with E-state index in [9.17, 15) is 9.90 Å². The van der Waals surface area contributed by atoms with Gasteiger partial charge in [-0.25, -0.2) is 0 Å². The lowest BCUT2D eigenvalue weighted by Crippen LogP contribution is -2.35. The molecule has 0 aliphatic carbocycles. The Labute approximate surface area is 137 Å². The van der Waals surface area contributed by atoms with Crippen LogP contribution in [0.3, 0.4) is 0 Å². The summed E-state index contributed by atoms with van der Waals surface area (Å²) in [5.74, 6) is 0.660. The third kappa shape index (κ3) is 4.29. The van der Waals surface area contributed by atoms with E-state index in [1.807, 2.05) is 4.90 Å². The Balaban J connectivity index is 1.55. The Morgan fingerprint density at radius 1 is 1.04 bits per heavy atom. The molecule has 0 spiro atoms. The summed E-state index contributed by atoms with van der Waals surface area (Å²) in [6, 6.07) is 0. The van der Waals surface area contributed by atoms with Crippen LogP contribution in [0.15, 0.2) is 12.7 Å². The van der Waals surface area contributed by atoms with Gasteiger partial charge in [0.05, 0.1) is 0 Å². The van der Waals surface area contributed by atoms with Crippen molar-refractivity contribution < 1.29 is 9.90 Å². The summed E-state index contributed by atoms with van der Waals surface area (Å²) in [7, 11) is 0. The lowest BCUT2D eigenvalue weighted by molar-refractivity contribution is -0.131. The molecule has 3 heterocycles. The predicted octanol–water partition coefficient (Wildman–Crippen LogP) is 0.221. The van der Waals surface area contributed by atoms with Gasteiger partial charge in [0.15, 0.2) is 0 Å². The summed E-state index contributed by atoms with van der Waals surface area (Å²) in [5, 5.41) is 17.2. The van der Waals surface area contributed by atoms with Gasteiger partial charge in [-0.2, -0.15) is 0 Å². The lowest BCUT2D eigenvalue weighted by Gasteiger charge is -2.26. The average Bonchev–Trinajstić information content (AvgIpc) is 3.12. The van der Waals surface area contributed by atoms with E-state index in [-0.39, 0.29) is 25.0 Å². The van der Waals surface area contributed by atoms with E-state index < -0.39 is 0 Å². The van der Waals surface area contributed by atoms with E-state index in [4.69, 9.17) is 0 Å². The zero-order valence-electron chi connectivity index (χ0n) is 13.7. The van der Waals surface area contributed by atoms with Crippen LogP contribution in [0.4, 0.5) is 0 Å². The Bertz CT molecular complexity index is 485. The molecule has 0 aromatic carbocycles. The number of hydrogen-bond donors (Lipinski definition) is 1. The minimum absolute atomic E-state index is 0.0848. The smallest absolute Gasteiger partial charge is 0.242 e. The molecule has 0 unspecified atom stereocenters. The second-order valence-corrected chi connectivity index (χ2v) is 6.85. The van der Waals surface area contributed by atoms with Gasteiger partial charge in [0.1, 0.15) is 19.2 Å². The van der Waals surface area contributed by atoms with Gasteiger partial charge in [0, 0.05) is 32.2 Å². The van der Waals surface area contributed by atoms with Crippen molar-refractivity contribution in [2.75, 3.05) is 39.3 Å². The number of carbonyl (C=O) groups excluding carboxylic acids is 1. The summed E-state index contributed by atoms with van der Waals surface area (Å²) in [5.41, 5.74) is 0. The summed E-state index contributed by atoms with van der Waals surface area (Å²) in [6.45, 7) is 5.17. The zero-order valence-corrected chi connectivity index (χ0v) is 13.7. The summed E-state index contributed by atoms with van der Waals surface area (Å²) in [6.07, 6.45) is 8.32. The van der Waals surface area contributed by atoms with Crippen LogP contribution in [0, 0.1) is 11.8 Å². The highest BCUT2D eigenvalue weighted by atomic mass is 16.3. The molecule has 2 fully saturated rings. The Hall–Kier alpha value is -1.47. The van der Waals surface area contributed by atoms with E-state index >= 15 is 0 Å². The third-order valence-electron chi connectivity index (χ3n) is 5.14. The highest BCUT2D eigenvalue weighted by Gasteiger charge is 2.35. The highest BCUT2D eigenvalue weighted by molar-refractivity contribution is 5.76. The van der Waals surface area contributed by atoms with Crippen LogP contribution in [-0.4, -0.2) is 74.9 Å². The number of aliphatic hydroxyl groups is 1. The van der Waals surface area contributed by atoms with Gasteiger partial charge >= 0.3 is 0 Å². The first-order valence-corrected chi connectivity index (χ1v) is 8.69. The fourth-order valence-corrected chi connectivity index (χ4v) is 3.77. The topological polar surface area (TPSA) is 74.5 Å². The molecule has 7 heteroatoms. The van der Waals surface area contributed by atoms with Crippen LogP contribution in [0.2, 0.25) is 0 Å². The zero-order chi connectivity index (χ0) is 16.1. The van der Waals surface area contributed by atoms with Gasteiger partial charge in [0.25, 0.3) is 0 Å². The van der Waals surface area contributed by atoms with Gasteiger partial charge in [-0.3, -0.25) is 4.79 Å². The Morgan fingerprint density at radius 3 is 2.35 bits per heavy atom. The number of rotatable bonds is 5. The fourth-order valence-electron chi connectivity index (χ4n) is 3.77. The summed E-state index contributed by atoms with van der Waals surface area (Å²) < 4.78 is 1.69. The van der Waals surface area contributed by atoms with Crippen LogP contribution in [0.25, 0.3) is 0 Å². The summed E-state index contributed by atoms with van der Waals surface area (Å²) in [4.78, 5) is 16.8. The highest BCUT2D eigenvalue weighted by Crippen LogP contribution is 2.25. The van der Waals surface area contributed by atoms with E-state index in [1.165, 1.54) is 25.7 Å². The lowest BCUT2D eigenvalue weighted by atomic mass is 9.96. The normalized spacial score (nSPS) is 26.4. The van der Waals surface area contributed by atoms with E-state index in [2.05, 4.69) is 15.1 Å². The number of aromatic nitrogens is 3.